The summed E-state index contributed by atoms with van der Waals surface area (Å²) in [5.41, 5.74) is 0. The molecule has 0 spiro atoms. The molecule has 0 N–H and O–H groups in total. The molecule has 0 aromatic heterocycles. The van der Waals surface area contributed by atoms with Gasteiger partial charge in [0, 0.05) is 13.8 Å². The van der Waals surface area contributed by atoms with Gasteiger partial charge in [-0.25, -0.2) is 0 Å². The Morgan fingerprint density at radius 1 is 1.23 bits per heavy atom. The van der Waals surface area contributed by atoms with Gasteiger partial charge in [0.25, 0.3) is 0 Å². The molecule has 0 aliphatic heterocycles. The van der Waals surface area contributed by atoms with Crippen molar-refractivity contribution in [3.8, 4) is 0 Å². The average Bonchev–Trinajstić information content (AvgIpc) is 1.98. The number of carbonyl (C=O) groups is 2. The van der Waals surface area contributed by atoms with E-state index in [0.29, 0.717) is 0 Å². The Labute approximate surface area is 79.3 Å². The summed E-state index contributed by atoms with van der Waals surface area (Å²) >= 11 is 0. The lowest BCUT2D eigenvalue weighted by Gasteiger charge is -2.16. The molecule has 0 bridgehead atoms. The molecular weight excluding hydrogens is 192 g/mol. The topological polar surface area (TPSA) is 61.8 Å². The average molecular weight is 206 g/mol. The van der Waals surface area contributed by atoms with E-state index in [4.69, 9.17) is 4.43 Å². The number of hydrogen-bond donors (Lipinski definition) is 0. The highest BCUT2D eigenvalue weighted by Gasteiger charge is 2.14. The van der Waals surface area contributed by atoms with Gasteiger partial charge < -0.3 is 13.9 Å². The lowest BCUT2D eigenvalue weighted by molar-refractivity contribution is -0.233. The Kier molecular flexibility index (Phi) is 6.16. The number of hydrogen-bond acceptors (Lipinski definition) is 5. The van der Waals surface area contributed by atoms with Gasteiger partial charge in [0.1, 0.15) is 0 Å². The molecular formula is C7H14O5Si. The Morgan fingerprint density at radius 3 is 2.00 bits per heavy atom. The molecule has 13 heavy (non-hydrogen) atoms. The Balaban J connectivity index is 3.87. The van der Waals surface area contributed by atoms with Crippen molar-refractivity contribution >= 4 is 21.7 Å². The predicted molar refractivity (Wildman–Crippen MR) is 47.4 cm³/mol. The maximum absolute atomic E-state index is 10.5. The second-order valence-electron chi connectivity index (χ2n) is 2.38. The first kappa shape index (κ1) is 12.1. The summed E-state index contributed by atoms with van der Waals surface area (Å²) in [6.07, 6.45) is 0. The summed E-state index contributed by atoms with van der Waals surface area (Å²) in [6, 6.07) is 0.888. The molecule has 0 unspecified atom stereocenters. The van der Waals surface area contributed by atoms with Crippen LogP contribution in [0.1, 0.15) is 20.8 Å². The van der Waals surface area contributed by atoms with Crippen LogP contribution in [0, 0.1) is 0 Å². The molecule has 0 aromatic rings. The van der Waals surface area contributed by atoms with Gasteiger partial charge in [-0.3, -0.25) is 9.59 Å². The van der Waals surface area contributed by atoms with Gasteiger partial charge in [-0.2, -0.15) is 0 Å². The van der Waals surface area contributed by atoms with Crippen LogP contribution in [-0.4, -0.2) is 28.2 Å². The third kappa shape index (κ3) is 7.48. The second-order valence-corrected chi connectivity index (χ2v) is 4.12. The van der Waals surface area contributed by atoms with Gasteiger partial charge in [0.05, 0.1) is 0 Å². The van der Waals surface area contributed by atoms with E-state index < -0.39 is 28.2 Å². The van der Waals surface area contributed by atoms with E-state index in [-0.39, 0.29) is 0 Å². The van der Waals surface area contributed by atoms with Crippen molar-refractivity contribution in [1.29, 1.82) is 0 Å². The summed E-state index contributed by atoms with van der Waals surface area (Å²) in [7, 11) is -0.766. The van der Waals surface area contributed by atoms with Gasteiger partial charge in [0.15, 0.2) is 9.76 Å². The minimum Gasteiger partial charge on any atom is -0.401 e. The molecule has 5 nitrogen and oxygen atoms in total. The molecule has 0 aromatic carbocycles. The van der Waals surface area contributed by atoms with Crippen molar-refractivity contribution in [1.82, 2.24) is 0 Å². The van der Waals surface area contributed by atoms with Gasteiger partial charge in [0.2, 0.25) is 0 Å². The van der Waals surface area contributed by atoms with E-state index in [9.17, 15) is 9.59 Å². The molecule has 76 valence electrons. The van der Waals surface area contributed by atoms with Crippen LogP contribution < -0.4 is 0 Å². The summed E-state index contributed by atoms with van der Waals surface area (Å²) in [5, 5.41) is 0. The standard InChI is InChI=1S/C7H14O5Si/c1-4-13-12-7(10-5(2)8)11-6(3)9/h7H,4,13H2,1-3H3. The molecule has 0 fully saturated rings. The van der Waals surface area contributed by atoms with Crippen LogP contribution in [0.15, 0.2) is 0 Å². The Bertz CT molecular complexity index is 166. The largest absolute Gasteiger partial charge is 0.401 e. The van der Waals surface area contributed by atoms with Crippen LogP contribution in [0.3, 0.4) is 0 Å². The molecule has 0 aliphatic rings. The minimum atomic E-state index is -1.15. The van der Waals surface area contributed by atoms with Crippen molar-refractivity contribution in [3.05, 3.63) is 0 Å². The fourth-order valence-electron chi connectivity index (χ4n) is 0.577. The number of ether oxygens (including phenoxy) is 2. The van der Waals surface area contributed by atoms with E-state index in [0.717, 1.165) is 6.04 Å². The molecule has 6 heteroatoms. The van der Waals surface area contributed by atoms with Crippen molar-refractivity contribution in [2.45, 2.75) is 33.3 Å². The summed E-state index contributed by atoms with van der Waals surface area (Å²) in [6.45, 7) is 3.26. The highest BCUT2D eigenvalue weighted by molar-refractivity contribution is 6.26. The van der Waals surface area contributed by atoms with Crippen LogP contribution in [0.25, 0.3) is 0 Å². The maximum atomic E-state index is 10.5. The quantitative estimate of drug-likeness (QED) is 0.358. The predicted octanol–water partition coefficient (Wildman–Crippen LogP) is -0.0652. The molecule has 0 amide bonds. The van der Waals surface area contributed by atoms with Gasteiger partial charge >= 0.3 is 18.4 Å². The van der Waals surface area contributed by atoms with Crippen molar-refractivity contribution < 1.29 is 23.5 Å². The van der Waals surface area contributed by atoms with Gasteiger partial charge in [-0.1, -0.05) is 6.92 Å². The third-order valence-corrected chi connectivity index (χ3v) is 1.90. The summed E-state index contributed by atoms with van der Waals surface area (Å²) in [4.78, 5) is 21.0. The van der Waals surface area contributed by atoms with Crippen molar-refractivity contribution in [2.24, 2.45) is 0 Å². The molecule has 0 saturated heterocycles. The molecule has 0 rings (SSSR count). The van der Waals surface area contributed by atoms with Crippen LogP contribution in [-0.2, 0) is 23.5 Å². The first-order chi connectivity index (χ1) is 6.06. The number of rotatable bonds is 5. The Morgan fingerprint density at radius 2 is 1.69 bits per heavy atom. The summed E-state index contributed by atoms with van der Waals surface area (Å²) in [5.74, 6) is -1.06. The van der Waals surface area contributed by atoms with Crippen molar-refractivity contribution in [2.75, 3.05) is 0 Å². The normalized spacial score (nSPS) is 10.8. The van der Waals surface area contributed by atoms with Crippen LogP contribution >= 0.6 is 0 Å². The lowest BCUT2D eigenvalue weighted by Crippen LogP contribution is -2.26. The van der Waals surface area contributed by atoms with Crippen LogP contribution in [0.2, 0.25) is 6.04 Å². The molecule has 0 aliphatic carbocycles. The fourth-order valence-corrected chi connectivity index (χ4v) is 1.14. The fraction of sp³-hybridized carbons (Fsp3) is 0.714. The SMILES string of the molecule is CC[SiH2]OC(OC(C)=O)OC(C)=O. The Hall–Kier alpha value is -0.883. The maximum Gasteiger partial charge on any atom is 0.355 e. The molecule has 0 atom stereocenters. The summed E-state index contributed by atoms with van der Waals surface area (Å²) < 4.78 is 14.3. The monoisotopic (exact) mass is 206 g/mol. The zero-order valence-electron chi connectivity index (χ0n) is 8.03. The van der Waals surface area contributed by atoms with E-state index in [1.807, 2.05) is 6.92 Å². The van der Waals surface area contributed by atoms with E-state index in [1.165, 1.54) is 13.8 Å². The smallest absolute Gasteiger partial charge is 0.355 e. The van der Waals surface area contributed by atoms with Crippen LogP contribution in [0.5, 0.6) is 0 Å². The molecule has 0 heterocycles. The lowest BCUT2D eigenvalue weighted by atomic mass is 10.8. The van der Waals surface area contributed by atoms with Crippen molar-refractivity contribution in [3.63, 3.8) is 0 Å². The van der Waals surface area contributed by atoms with E-state index in [2.05, 4.69) is 9.47 Å². The number of carbonyl (C=O) groups excluding carboxylic acids is 2. The molecule has 0 saturated carbocycles. The second kappa shape index (κ2) is 6.61. The van der Waals surface area contributed by atoms with E-state index in [1.54, 1.807) is 0 Å². The van der Waals surface area contributed by atoms with E-state index >= 15 is 0 Å². The van der Waals surface area contributed by atoms with Gasteiger partial charge in [-0.05, 0) is 6.04 Å². The van der Waals surface area contributed by atoms with Gasteiger partial charge in [-0.15, -0.1) is 0 Å². The van der Waals surface area contributed by atoms with Crippen LogP contribution in [0.4, 0.5) is 0 Å². The minimum absolute atomic E-state index is 0.531. The first-order valence-corrected chi connectivity index (χ1v) is 5.60. The first-order valence-electron chi connectivity index (χ1n) is 4.02. The highest BCUT2D eigenvalue weighted by atomic mass is 28.2. The zero-order chi connectivity index (χ0) is 10.3. The third-order valence-electron chi connectivity index (χ3n) is 0.982. The number of esters is 2. The highest BCUT2D eigenvalue weighted by Crippen LogP contribution is 1.98. The molecule has 0 radical (unpaired) electrons. The zero-order valence-corrected chi connectivity index (χ0v) is 9.45.